The average Bonchev–Trinajstić information content (AvgIpc) is 2.70. The predicted octanol–water partition coefficient (Wildman–Crippen LogP) is 3.49. The van der Waals surface area contributed by atoms with E-state index in [0.29, 0.717) is 6.61 Å². The van der Waals surface area contributed by atoms with E-state index in [1.807, 2.05) is 24.3 Å². The third-order valence-corrected chi connectivity index (χ3v) is 3.94. The summed E-state index contributed by atoms with van der Waals surface area (Å²) in [5.74, 6) is 0.845. The van der Waals surface area contributed by atoms with Crippen LogP contribution in [0, 0.1) is 0 Å². The van der Waals surface area contributed by atoms with Crippen LogP contribution in [0.15, 0.2) is 48.5 Å². The maximum atomic E-state index is 5.82. The molecule has 0 radical (unpaired) electrons. The highest BCUT2D eigenvalue weighted by molar-refractivity contribution is 5.54. The second kappa shape index (κ2) is 6.53. The van der Waals surface area contributed by atoms with Crippen molar-refractivity contribution < 1.29 is 4.74 Å². The zero-order valence-electron chi connectivity index (χ0n) is 12.3. The number of benzene rings is 2. The van der Waals surface area contributed by atoms with Crippen molar-refractivity contribution in [1.82, 2.24) is 0 Å². The number of ether oxygens (including phenoxy) is 1. The van der Waals surface area contributed by atoms with Crippen molar-refractivity contribution in [2.24, 2.45) is 0 Å². The Balaban J connectivity index is 1.62. The van der Waals surface area contributed by atoms with Gasteiger partial charge >= 0.3 is 0 Å². The van der Waals surface area contributed by atoms with Gasteiger partial charge in [-0.1, -0.05) is 24.3 Å². The molecule has 3 rings (SSSR count). The molecule has 2 aromatic rings. The summed E-state index contributed by atoms with van der Waals surface area (Å²) in [5.41, 5.74) is 9.33. The van der Waals surface area contributed by atoms with Crippen LogP contribution in [-0.4, -0.2) is 19.7 Å². The smallest absolute Gasteiger partial charge is 0.121 e. The van der Waals surface area contributed by atoms with Gasteiger partial charge in [0, 0.05) is 24.0 Å². The lowest BCUT2D eigenvalue weighted by atomic mass is 10.1. The van der Waals surface area contributed by atoms with E-state index in [1.165, 1.54) is 30.5 Å². The summed E-state index contributed by atoms with van der Waals surface area (Å²) in [6.45, 7) is 2.70. The lowest BCUT2D eigenvalue weighted by Crippen LogP contribution is -2.29. The molecule has 0 saturated heterocycles. The molecule has 110 valence electrons. The number of anilines is 2. The van der Waals surface area contributed by atoms with Crippen molar-refractivity contribution in [2.75, 3.05) is 30.3 Å². The van der Waals surface area contributed by atoms with Gasteiger partial charge < -0.3 is 15.4 Å². The van der Waals surface area contributed by atoms with Crippen LogP contribution in [0.4, 0.5) is 11.4 Å². The molecule has 0 unspecified atom stereocenters. The molecule has 1 aliphatic heterocycles. The fourth-order valence-electron chi connectivity index (χ4n) is 2.88. The number of nitrogens with two attached hydrogens (primary N) is 1. The Morgan fingerprint density at radius 1 is 1.05 bits per heavy atom. The maximum absolute atomic E-state index is 5.82. The van der Waals surface area contributed by atoms with E-state index < -0.39 is 0 Å². The van der Waals surface area contributed by atoms with Crippen LogP contribution < -0.4 is 15.4 Å². The van der Waals surface area contributed by atoms with Gasteiger partial charge in [-0.05, 0) is 43.0 Å². The number of nitrogens with zero attached hydrogens (tertiary/aromatic N) is 1. The van der Waals surface area contributed by atoms with Crippen molar-refractivity contribution in [3.63, 3.8) is 0 Å². The minimum absolute atomic E-state index is 0.678. The van der Waals surface area contributed by atoms with E-state index in [4.69, 9.17) is 10.5 Å². The molecular formula is C18H22N2O. The number of nitrogen functional groups attached to an aromatic ring is 1. The standard InChI is InChI=1S/C18H22N2O/c19-16-8-5-9-17(14-16)21-13-12-20-11-4-3-7-15-6-1-2-10-18(15)20/h1-2,5-6,8-10,14H,3-4,7,11-13,19H2. The van der Waals surface area contributed by atoms with Crippen molar-refractivity contribution in [3.8, 4) is 5.75 Å². The molecule has 1 heterocycles. The minimum atomic E-state index is 0.678. The van der Waals surface area contributed by atoms with Gasteiger partial charge in [-0.2, -0.15) is 0 Å². The van der Waals surface area contributed by atoms with E-state index in [0.717, 1.165) is 24.5 Å². The third kappa shape index (κ3) is 3.48. The van der Waals surface area contributed by atoms with Crippen molar-refractivity contribution in [1.29, 1.82) is 0 Å². The summed E-state index contributed by atoms with van der Waals surface area (Å²) in [6.07, 6.45) is 3.69. The molecule has 0 amide bonds. The van der Waals surface area contributed by atoms with Gasteiger partial charge in [-0.25, -0.2) is 0 Å². The highest BCUT2D eigenvalue weighted by Gasteiger charge is 2.14. The Hall–Kier alpha value is -2.16. The van der Waals surface area contributed by atoms with E-state index >= 15 is 0 Å². The molecule has 2 N–H and O–H groups in total. The molecular weight excluding hydrogens is 260 g/mol. The van der Waals surface area contributed by atoms with E-state index in [9.17, 15) is 0 Å². The molecule has 21 heavy (non-hydrogen) atoms. The number of rotatable bonds is 4. The first-order valence-electron chi connectivity index (χ1n) is 7.64. The van der Waals surface area contributed by atoms with Crippen LogP contribution in [0.1, 0.15) is 18.4 Å². The lowest BCUT2D eigenvalue weighted by Gasteiger charge is -2.25. The zero-order chi connectivity index (χ0) is 14.5. The largest absolute Gasteiger partial charge is 0.492 e. The SMILES string of the molecule is Nc1cccc(OCCN2CCCCc3ccccc32)c1. The van der Waals surface area contributed by atoms with Gasteiger partial charge in [-0.3, -0.25) is 0 Å². The van der Waals surface area contributed by atoms with Crippen LogP contribution in [0.2, 0.25) is 0 Å². The lowest BCUT2D eigenvalue weighted by molar-refractivity contribution is 0.324. The third-order valence-electron chi connectivity index (χ3n) is 3.94. The molecule has 0 fully saturated rings. The Labute approximate surface area is 126 Å². The van der Waals surface area contributed by atoms with E-state index in [1.54, 1.807) is 0 Å². The van der Waals surface area contributed by atoms with Gasteiger partial charge in [0.25, 0.3) is 0 Å². The molecule has 3 nitrogen and oxygen atoms in total. The summed E-state index contributed by atoms with van der Waals surface area (Å²) >= 11 is 0. The summed E-state index contributed by atoms with van der Waals surface area (Å²) in [6, 6.07) is 16.3. The summed E-state index contributed by atoms with van der Waals surface area (Å²) < 4.78 is 5.82. The molecule has 0 bridgehead atoms. The molecule has 0 spiro atoms. The van der Waals surface area contributed by atoms with Gasteiger partial charge in [-0.15, -0.1) is 0 Å². The van der Waals surface area contributed by atoms with Crippen LogP contribution in [0.3, 0.4) is 0 Å². The van der Waals surface area contributed by atoms with Crippen LogP contribution in [-0.2, 0) is 6.42 Å². The number of hydrogen-bond acceptors (Lipinski definition) is 3. The normalized spacial score (nSPS) is 14.4. The van der Waals surface area contributed by atoms with Crippen LogP contribution >= 0.6 is 0 Å². The first-order valence-corrected chi connectivity index (χ1v) is 7.64. The fourth-order valence-corrected chi connectivity index (χ4v) is 2.88. The Morgan fingerprint density at radius 2 is 1.95 bits per heavy atom. The van der Waals surface area contributed by atoms with Crippen molar-refractivity contribution in [3.05, 3.63) is 54.1 Å². The van der Waals surface area contributed by atoms with Crippen molar-refractivity contribution >= 4 is 11.4 Å². The molecule has 3 heteroatoms. The summed E-state index contributed by atoms with van der Waals surface area (Å²) in [5, 5.41) is 0. The number of aryl methyl sites for hydroxylation is 1. The summed E-state index contributed by atoms with van der Waals surface area (Å²) in [4.78, 5) is 2.44. The first kappa shape index (κ1) is 13.8. The monoisotopic (exact) mass is 282 g/mol. The highest BCUT2D eigenvalue weighted by Crippen LogP contribution is 2.25. The quantitative estimate of drug-likeness (QED) is 0.872. The first-order chi connectivity index (χ1) is 10.3. The number of para-hydroxylation sites is 1. The summed E-state index contributed by atoms with van der Waals surface area (Å²) in [7, 11) is 0. The molecule has 0 aromatic heterocycles. The second-order valence-corrected chi connectivity index (χ2v) is 5.49. The van der Waals surface area contributed by atoms with Gasteiger partial charge in [0.2, 0.25) is 0 Å². The zero-order valence-corrected chi connectivity index (χ0v) is 12.3. The number of fused-ring (bicyclic) bond motifs is 1. The average molecular weight is 282 g/mol. The Morgan fingerprint density at radius 3 is 2.86 bits per heavy atom. The predicted molar refractivity (Wildman–Crippen MR) is 87.9 cm³/mol. The van der Waals surface area contributed by atoms with E-state index in [-0.39, 0.29) is 0 Å². The number of hydrogen-bond donors (Lipinski definition) is 1. The topological polar surface area (TPSA) is 38.5 Å². The molecule has 0 atom stereocenters. The fraction of sp³-hybridized carbons (Fsp3) is 0.333. The maximum Gasteiger partial charge on any atom is 0.121 e. The van der Waals surface area contributed by atoms with Gasteiger partial charge in [0.1, 0.15) is 12.4 Å². The Kier molecular flexibility index (Phi) is 4.29. The Bertz CT molecular complexity index is 597. The van der Waals surface area contributed by atoms with Gasteiger partial charge in [0.15, 0.2) is 0 Å². The second-order valence-electron chi connectivity index (χ2n) is 5.49. The van der Waals surface area contributed by atoms with E-state index in [2.05, 4.69) is 29.2 Å². The molecule has 2 aromatic carbocycles. The molecule has 0 aliphatic carbocycles. The minimum Gasteiger partial charge on any atom is -0.492 e. The van der Waals surface area contributed by atoms with Gasteiger partial charge in [0.05, 0.1) is 6.54 Å². The van der Waals surface area contributed by atoms with Crippen LogP contribution in [0.25, 0.3) is 0 Å². The molecule has 0 saturated carbocycles. The van der Waals surface area contributed by atoms with Crippen LogP contribution in [0.5, 0.6) is 5.75 Å². The molecule has 1 aliphatic rings. The highest BCUT2D eigenvalue weighted by atomic mass is 16.5. The van der Waals surface area contributed by atoms with Crippen molar-refractivity contribution in [2.45, 2.75) is 19.3 Å².